The van der Waals surface area contributed by atoms with Crippen molar-refractivity contribution in [3.05, 3.63) is 35.4 Å². The summed E-state index contributed by atoms with van der Waals surface area (Å²) in [4.78, 5) is 16.0. The van der Waals surface area contributed by atoms with E-state index in [1.54, 1.807) is 4.90 Å². The van der Waals surface area contributed by atoms with Crippen molar-refractivity contribution in [2.75, 3.05) is 20.1 Å². The molecule has 0 radical (unpaired) electrons. The van der Waals surface area contributed by atoms with Gasteiger partial charge in [0.15, 0.2) is 11.6 Å². The number of likely N-dealkylation sites (N-methyl/N-ethyl adjacent to an activating group) is 1. The second-order valence-corrected chi connectivity index (χ2v) is 5.18. The van der Waals surface area contributed by atoms with Gasteiger partial charge >= 0.3 is 0 Å². The molecule has 0 spiro atoms. The van der Waals surface area contributed by atoms with E-state index in [1.807, 2.05) is 20.9 Å². The maximum absolute atomic E-state index is 13.6. The Morgan fingerprint density at radius 3 is 2.37 bits per heavy atom. The van der Waals surface area contributed by atoms with Crippen LogP contribution in [0.15, 0.2) is 18.2 Å². The molecule has 0 aliphatic carbocycles. The van der Waals surface area contributed by atoms with Gasteiger partial charge in [0.05, 0.1) is 5.56 Å². The molecule has 0 saturated carbocycles. The first-order valence-corrected chi connectivity index (χ1v) is 6.37. The molecule has 104 valence electrons. The van der Waals surface area contributed by atoms with E-state index >= 15 is 0 Å². The van der Waals surface area contributed by atoms with Crippen molar-refractivity contribution in [1.82, 2.24) is 9.80 Å². The molecular weight excluding hydrogens is 250 g/mol. The number of benzene rings is 1. The van der Waals surface area contributed by atoms with Crippen LogP contribution in [-0.4, -0.2) is 47.9 Å². The second-order valence-electron chi connectivity index (χ2n) is 5.18. The minimum Gasteiger partial charge on any atom is -0.335 e. The summed E-state index contributed by atoms with van der Waals surface area (Å²) < 4.78 is 26.8. The topological polar surface area (TPSA) is 23.6 Å². The monoisotopic (exact) mass is 268 g/mol. The summed E-state index contributed by atoms with van der Waals surface area (Å²) in [5, 5.41) is 0. The Morgan fingerprint density at radius 2 is 1.79 bits per heavy atom. The fourth-order valence-electron chi connectivity index (χ4n) is 2.41. The molecule has 1 aliphatic heterocycles. The van der Waals surface area contributed by atoms with E-state index in [-0.39, 0.29) is 17.6 Å². The van der Waals surface area contributed by atoms with E-state index in [2.05, 4.69) is 4.90 Å². The maximum atomic E-state index is 13.6. The Hall–Kier alpha value is -1.49. The van der Waals surface area contributed by atoms with Crippen LogP contribution in [0, 0.1) is 11.6 Å². The third kappa shape index (κ3) is 2.61. The fourth-order valence-corrected chi connectivity index (χ4v) is 2.41. The molecule has 0 bridgehead atoms. The summed E-state index contributed by atoms with van der Waals surface area (Å²) in [6.07, 6.45) is 0. The highest BCUT2D eigenvalue weighted by Gasteiger charge is 2.31. The molecule has 2 atom stereocenters. The van der Waals surface area contributed by atoms with Crippen LogP contribution in [0.3, 0.4) is 0 Å². The SMILES string of the molecule is CC1CN(C(=O)c2cccc(F)c2F)CC(C)N1C. The first-order valence-electron chi connectivity index (χ1n) is 6.37. The maximum Gasteiger partial charge on any atom is 0.257 e. The van der Waals surface area contributed by atoms with Gasteiger partial charge in [-0.05, 0) is 33.0 Å². The molecule has 1 saturated heterocycles. The molecule has 1 heterocycles. The Bertz CT molecular complexity index is 480. The molecule has 19 heavy (non-hydrogen) atoms. The van der Waals surface area contributed by atoms with E-state index in [0.29, 0.717) is 13.1 Å². The lowest BCUT2D eigenvalue weighted by Gasteiger charge is -2.42. The van der Waals surface area contributed by atoms with Crippen LogP contribution in [-0.2, 0) is 0 Å². The average Bonchev–Trinajstić information content (AvgIpc) is 2.38. The van der Waals surface area contributed by atoms with E-state index in [4.69, 9.17) is 0 Å². The smallest absolute Gasteiger partial charge is 0.257 e. The van der Waals surface area contributed by atoms with E-state index in [0.717, 1.165) is 6.07 Å². The highest BCUT2D eigenvalue weighted by Crippen LogP contribution is 2.18. The molecule has 1 aromatic carbocycles. The summed E-state index contributed by atoms with van der Waals surface area (Å²) in [7, 11) is 2.00. The van der Waals surface area contributed by atoms with Crippen molar-refractivity contribution in [3.63, 3.8) is 0 Å². The number of amides is 1. The Morgan fingerprint density at radius 1 is 1.21 bits per heavy atom. The molecule has 1 fully saturated rings. The van der Waals surface area contributed by atoms with Gasteiger partial charge in [-0.1, -0.05) is 6.07 Å². The van der Waals surface area contributed by atoms with Gasteiger partial charge in [0.1, 0.15) is 0 Å². The molecule has 1 amide bonds. The lowest BCUT2D eigenvalue weighted by Crippen LogP contribution is -2.56. The summed E-state index contributed by atoms with van der Waals surface area (Å²) >= 11 is 0. The Balaban J connectivity index is 2.23. The van der Waals surface area contributed by atoms with Gasteiger partial charge in [-0.15, -0.1) is 0 Å². The van der Waals surface area contributed by atoms with Gasteiger partial charge in [0, 0.05) is 25.2 Å². The van der Waals surface area contributed by atoms with E-state index in [9.17, 15) is 13.6 Å². The highest BCUT2D eigenvalue weighted by atomic mass is 19.2. The molecule has 5 heteroatoms. The van der Waals surface area contributed by atoms with Crippen molar-refractivity contribution >= 4 is 5.91 Å². The number of carbonyl (C=O) groups is 1. The summed E-state index contributed by atoms with van der Waals surface area (Å²) in [5.41, 5.74) is -0.191. The van der Waals surface area contributed by atoms with Crippen LogP contribution < -0.4 is 0 Å². The van der Waals surface area contributed by atoms with E-state index < -0.39 is 17.5 Å². The molecule has 3 nitrogen and oxygen atoms in total. The molecule has 0 aromatic heterocycles. The lowest BCUT2D eigenvalue weighted by molar-refractivity contribution is 0.0409. The zero-order chi connectivity index (χ0) is 14.2. The third-order valence-corrected chi connectivity index (χ3v) is 3.83. The summed E-state index contributed by atoms with van der Waals surface area (Å²) in [6.45, 7) is 5.07. The number of hydrogen-bond acceptors (Lipinski definition) is 2. The van der Waals surface area contributed by atoms with Crippen molar-refractivity contribution in [2.24, 2.45) is 0 Å². The quantitative estimate of drug-likeness (QED) is 0.779. The van der Waals surface area contributed by atoms with Crippen LogP contribution >= 0.6 is 0 Å². The number of rotatable bonds is 1. The number of nitrogens with zero attached hydrogens (tertiary/aromatic N) is 2. The largest absolute Gasteiger partial charge is 0.335 e. The van der Waals surface area contributed by atoms with Crippen LogP contribution in [0.4, 0.5) is 8.78 Å². The normalized spacial score (nSPS) is 24.6. The molecule has 2 rings (SSSR count). The van der Waals surface area contributed by atoms with Crippen LogP contribution in [0.25, 0.3) is 0 Å². The predicted molar refractivity (Wildman–Crippen MR) is 68.9 cm³/mol. The zero-order valence-electron chi connectivity index (χ0n) is 11.4. The second kappa shape index (κ2) is 5.25. The number of halogens is 2. The predicted octanol–water partition coefficient (Wildman–Crippen LogP) is 2.13. The highest BCUT2D eigenvalue weighted by molar-refractivity contribution is 5.94. The van der Waals surface area contributed by atoms with Gasteiger partial charge < -0.3 is 4.90 Å². The number of carbonyl (C=O) groups excluding carboxylic acids is 1. The molecular formula is C14H18F2N2O. The van der Waals surface area contributed by atoms with Gasteiger partial charge in [-0.2, -0.15) is 0 Å². The minimum absolute atomic E-state index is 0.191. The average molecular weight is 268 g/mol. The van der Waals surface area contributed by atoms with Crippen molar-refractivity contribution < 1.29 is 13.6 Å². The van der Waals surface area contributed by atoms with Gasteiger partial charge in [-0.25, -0.2) is 8.78 Å². The minimum atomic E-state index is -1.06. The molecule has 1 aliphatic rings. The van der Waals surface area contributed by atoms with E-state index in [1.165, 1.54) is 12.1 Å². The third-order valence-electron chi connectivity index (χ3n) is 3.83. The molecule has 2 unspecified atom stereocenters. The first-order chi connectivity index (χ1) is 8.91. The van der Waals surface area contributed by atoms with Gasteiger partial charge in [-0.3, -0.25) is 9.69 Å². The molecule has 0 N–H and O–H groups in total. The standard InChI is InChI=1S/C14H18F2N2O/c1-9-7-18(8-10(2)17(9)3)14(19)11-5-4-6-12(15)13(11)16/h4-6,9-10H,7-8H2,1-3H3. The lowest BCUT2D eigenvalue weighted by atomic mass is 10.1. The number of piperazine rings is 1. The summed E-state index contributed by atoms with van der Waals surface area (Å²) in [6, 6.07) is 4.10. The van der Waals surface area contributed by atoms with Crippen molar-refractivity contribution in [1.29, 1.82) is 0 Å². The van der Waals surface area contributed by atoms with Crippen molar-refractivity contribution in [3.8, 4) is 0 Å². The molecule has 1 aromatic rings. The van der Waals surface area contributed by atoms with Crippen LogP contribution in [0.1, 0.15) is 24.2 Å². The van der Waals surface area contributed by atoms with Crippen LogP contribution in [0.2, 0.25) is 0 Å². The zero-order valence-corrected chi connectivity index (χ0v) is 11.4. The fraction of sp³-hybridized carbons (Fsp3) is 0.500. The van der Waals surface area contributed by atoms with Crippen LogP contribution in [0.5, 0.6) is 0 Å². The Labute approximate surface area is 111 Å². The Kier molecular flexibility index (Phi) is 3.85. The van der Waals surface area contributed by atoms with Gasteiger partial charge in [0.2, 0.25) is 0 Å². The van der Waals surface area contributed by atoms with Gasteiger partial charge in [0.25, 0.3) is 5.91 Å². The van der Waals surface area contributed by atoms with Crippen molar-refractivity contribution in [2.45, 2.75) is 25.9 Å². The first kappa shape index (κ1) is 13.9. The summed E-state index contributed by atoms with van der Waals surface area (Å²) in [5.74, 6) is -2.49. The number of hydrogen-bond donors (Lipinski definition) is 0.